The highest BCUT2D eigenvalue weighted by Crippen LogP contribution is 2.29. The monoisotopic (exact) mass is 479 g/mol. The second-order valence-electron chi connectivity index (χ2n) is 10.0. The number of rotatable bonds is 7. The van der Waals surface area contributed by atoms with E-state index in [1.165, 1.54) is 17.7 Å². The van der Waals surface area contributed by atoms with E-state index in [4.69, 9.17) is 4.74 Å². The maximum Gasteiger partial charge on any atom is 0.320 e. The predicted molar refractivity (Wildman–Crippen MR) is 136 cm³/mol. The number of ether oxygens (including phenoxy) is 1. The molecule has 2 heterocycles. The van der Waals surface area contributed by atoms with Gasteiger partial charge in [-0.25, -0.2) is 13.9 Å². The van der Waals surface area contributed by atoms with Crippen LogP contribution in [0.4, 0.5) is 15.0 Å². The van der Waals surface area contributed by atoms with Gasteiger partial charge in [0, 0.05) is 44.1 Å². The first-order valence-electron chi connectivity index (χ1n) is 11.9. The van der Waals surface area contributed by atoms with Crippen LogP contribution in [0.1, 0.15) is 37.9 Å². The number of carbonyl (C=O) groups is 1. The molecule has 0 spiro atoms. The van der Waals surface area contributed by atoms with Gasteiger partial charge in [-0.05, 0) is 23.8 Å². The fourth-order valence-electron chi connectivity index (χ4n) is 4.43. The van der Waals surface area contributed by atoms with Gasteiger partial charge in [0.25, 0.3) is 0 Å². The highest BCUT2D eigenvalue weighted by Gasteiger charge is 2.35. The van der Waals surface area contributed by atoms with E-state index in [9.17, 15) is 9.18 Å². The van der Waals surface area contributed by atoms with Crippen LogP contribution in [0, 0.1) is 5.82 Å². The molecule has 1 saturated heterocycles. The van der Waals surface area contributed by atoms with Gasteiger partial charge in [-0.15, -0.1) is 0 Å². The van der Waals surface area contributed by atoms with E-state index in [-0.39, 0.29) is 29.2 Å². The van der Waals surface area contributed by atoms with Gasteiger partial charge in [0.05, 0.1) is 24.0 Å². The molecule has 186 valence electrons. The standard InChI is InChI=1S/C27H34FN5O2/c1-27(2,3)24-16-25(33(31-24)21-12-8-11-20(28)15-21)30-26(34)29-23-18-32(13-14-35-4)17-22(23)19-9-6-5-7-10-19/h5-12,15-16,22-23H,13-14,17-18H2,1-4H3,(H2,29,30,34)/t22-,23+/m0/s1. The summed E-state index contributed by atoms with van der Waals surface area (Å²) in [5.74, 6) is 0.291. The van der Waals surface area contributed by atoms with Crippen molar-refractivity contribution in [2.45, 2.75) is 38.1 Å². The van der Waals surface area contributed by atoms with Gasteiger partial charge in [0.2, 0.25) is 0 Å². The quantitative estimate of drug-likeness (QED) is 0.522. The molecular weight excluding hydrogens is 445 g/mol. The summed E-state index contributed by atoms with van der Waals surface area (Å²) in [6.07, 6.45) is 0. The van der Waals surface area contributed by atoms with Gasteiger partial charge in [0.15, 0.2) is 0 Å². The first-order chi connectivity index (χ1) is 16.7. The number of nitrogens with zero attached hydrogens (tertiary/aromatic N) is 3. The average molecular weight is 480 g/mol. The van der Waals surface area contributed by atoms with E-state index in [1.807, 2.05) is 45.0 Å². The van der Waals surface area contributed by atoms with Crippen LogP contribution in [0.2, 0.25) is 0 Å². The third-order valence-electron chi connectivity index (χ3n) is 6.32. The number of carbonyl (C=O) groups excluding carboxylic acids is 1. The molecule has 8 heteroatoms. The Labute approximate surface area is 206 Å². The molecule has 1 aliphatic rings. The molecule has 0 saturated carbocycles. The van der Waals surface area contributed by atoms with Gasteiger partial charge in [-0.1, -0.05) is 57.2 Å². The Morgan fingerprint density at radius 3 is 2.57 bits per heavy atom. The summed E-state index contributed by atoms with van der Waals surface area (Å²) < 4.78 is 20.8. The van der Waals surface area contributed by atoms with Crippen molar-refractivity contribution < 1.29 is 13.9 Å². The van der Waals surface area contributed by atoms with Crippen molar-refractivity contribution in [3.05, 3.63) is 77.7 Å². The third kappa shape index (κ3) is 6.07. The molecule has 2 atom stereocenters. The van der Waals surface area contributed by atoms with Gasteiger partial charge < -0.3 is 10.1 Å². The highest BCUT2D eigenvalue weighted by molar-refractivity contribution is 5.89. The number of anilines is 1. The Morgan fingerprint density at radius 2 is 1.89 bits per heavy atom. The van der Waals surface area contributed by atoms with Gasteiger partial charge in [-0.2, -0.15) is 5.10 Å². The summed E-state index contributed by atoms with van der Waals surface area (Å²) >= 11 is 0. The van der Waals surface area contributed by atoms with E-state index in [0.29, 0.717) is 18.1 Å². The molecule has 0 bridgehead atoms. The lowest BCUT2D eigenvalue weighted by Gasteiger charge is -2.20. The smallest absolute Gasteiger partial charge is 0.320 e. The van der Waals surface area contributed by atoms with Crippen LogP contribution in [0.3, 0.4) is 0 Å². The maximum atomic E-state index is 13.9. The number of methoxy groups -OCH3 is 1. The van der Waals surface area contributed by atoms with Crippen LogP contribution in [0.15, 0.2) is 60.7 Å². The molecule has 0 aliphatic carbocycles. The van der Waals surface area contributed by atoms with Crippen molar-refractivity contribution in [3.8, 4) is 5.69 Å². The minimum Gasteiger partial charge on any atom is -0.383 e. The predicted octanol–water partition coefficient (Wildman–Crippen LogP) is 4.54. The molecule has 3 aromatic rings. The van der Waals surface area contributed by atoms with Gasteiger partial charge in [0.1, 0.15) is 11.6 Å². The molecule has 0 unspecified atom stereocenters. The zero-order chi connectivity index (χ0) is 25.0. The maximum absolute atomic E-state index is 13.9. The Balaban J connectivity index is 1.55. The fraction of sp³-hybridized carbons (Fsp3) is 0.407. The third-order valence-corrected chi connectivity index (χ3v) is 6.32. The minimum atomic E-state index is -0.362. The Kier molecular flexibility index (Phi) is 7.52. The topological polar surface area (TPSA) is 71.4 Å². The zero-order valence-electron chi connectivity index (χ0n) is 20.8. The molecule has 4 rings (SSSR count). The van der Waals surface area contributed by atoms with E-state index in [1.54, 1.807) is 23.9 Å². The highest BCUT2D eigenvalue weighted by atomic mass is 19.1. The number of likely N-dealkylation sites (tertiary alicyclic amines) is 1. The Hall–Kier alpha value is -3.23. The lowest BCUT2D eigenvalue weighted by atomic mass is 9.92. The second kappa shape index (κ2) is 10.6. The lowest BCUT2D eigenvalue weighted by Crippen LogP contribution is -2.42. The number of urea groups is 1. The Morgan fingerprint density at radius 1 is 1.11 bits per heavy atom. The number of benzene rings is 2. The second-order valence-corrected chi connectivity index (χ2v) is 10.0. The Bertz CT molecular complexity index is 1140. The van der Waals surface area contributed by atoms with Crippen LogP contribution in [0.5, 0.6) is 0 Å². The summed E-state index contributed by atoms with van der Waals surface area (Å²) in [5, 5.41) is 10.8. The largest absolute Gasteiger partial charge is 0.383 e. The van der Waals surface area contributed by atoms with Gasteiger partial charge >= 0.3 is 6.03 Å². The van der Waals surface area contributed by atoms with E-state index in [2.05, 4.69) is 32.8 Å². The van der Waals surface area contributed by atoms with Crippen molar-refractivity contribution in [3.63, 3.8) is 0 Å². The van der Waals surface area contributed by atoms with Crippen molar-refractivity contribution in [2.75, 3.05) is 38.7 Å². The summed E-state index contributed by atoms with van der Waals surface area (Å²) in [5.41, 5.74) is 2.30. The first kappa shape index (κ1) is 24.9. The summed E-state index contributed by atoms with van der Waals surface area (Å²) in [6.45, 7) is 9.16. The van der Waals surface area contributed by atoms with Crippen LogP contribution >= 0.6 is 0 Å². The van der Waals surface area contributed by atoms with E-state index in [0.717, 1.165) is 25.3 Å². The number of hydrogen-bond acceptors (Lipinski definition) is 4. The molecule has 2 amide bonds. The van der Waals surface area contributed by atoms with Crippen LogP contribution in [0.25, 0.3) is 5.69 Å². The van der Waals surface area contributed by atoms with Gasteiger partial charge in [-0.3, -0.25) is 10.2 Å². The molecule has 2 aromatic carbocycles. The first-order valence-corrected chi connectivity index (χ1v) is 11.9. The van der Waals surface area contributed by atoms with Crippen molar-refractivity contribution in [2.24, 2.45) is 0 Å². The molecule has 0 radical (unpaired) electrons. The van der Waals surface area contributed by atoms with Crippen LogP contribution in [-0.4, -0.2) is 60.1 Å². The molecule has 1 fully saturated rings. The zero-order valence-corrected chi connectivity index (χ0v) is 20.8. The normalized spacial score (nSPS) is 18.5. The fourth-order valence-corrected chi connectivity index (χ4v) is 4.43. The van der Waals surface area contributed by atoms with E-state index < -0.39 is 0 Å². The molecule has 35 heavy (non-hydrogen) atoms. The van der Waals surface area contributed by atoms with Crippen LogP contribution < -0.4 is 10.6 Å². The van der Waals surface area contributed by atoms with Crippen LogP contribution in [-0.2, 0) is 10.2 Å². The SMILES string of the molecule is COCCN1C[C@@H](NC(=O)Nc2cc(C(C)(C)C)nn2-c2cccc(F)c2)[C@H](c2ccccc2)C1. The van der Waals surface area contributed by atoms with E-state index >= 15 is 0 Å². The minimum absolute atomic E-state index is 0.0677. The molecule has 1 aromatic heterocycles. The van der Waals surface area contributed by atoms with Crippen molar-refractivity contribution in [1.82, 2.24) is 20.0 Å². The number of halogens is 1. The molecule has 1 aliphatic heterocycles. The summed E-state index contributed by atoms with van der Waals surface area (Å²) in [7, 11) is 1.70. The molecule has 7 nitrogen and oxygen atoms in total. The summed E-state index contributed by atoms with van der Waals surface area (Å²) in [4.78, 5) is 15.5. The average Bonchev–Trinajstić information content (AvgIpc) is 3.42. The molecular formula is C27H34FN5O2. The number of hydrogen-bond donors (Lipinski definition) is 2. The lowest BCUT2D eigenvalue weighted by molar-refractivity contribution is 0.159. The van der Waals surface area contributed by atoms with Crippen molar-refractivity contribution >= 4 is 11.8 Å². The number of aromatic nitrogens is 2. The number of nitrogens with one attached hydrogen (secondary N) is 2. The molecule has 2 N–H and O–H groups in total. The van der Waals surface area contributed by atoms with Crippen molar-refractivity contribution in [1.29, 1.82) is 0 Å². The number of amides is 2. The summed E-state index contributed by atoms with van der Waals surface area (Å²) in [6, 6.07) is 17.9.